The lowest BCUT2D eigenvalue weighted by Crippen LogP contribution is -2.38. The molecule has 0 heterocycles. The van der Waals surface area contributed by atoms with E-state index in [1.807, 2.05) is 13.8 Å². The first-order valence-electron chi connectivity index (χ1n) is 5.50. The van der Waals surface area contributed by atoms with Gasteiger partial charge in [-0.25, -0.2) is 4.39 Å². The van der Waals surface area contributed by atoms with Gasteiger partial charge in [-0.3, -0.25) is 4.79 Å². The van der Waals surface area contributed by atoms with Crippen LogP contribution in [0, 0.1) is 5.82 Å². The second-order valence-electron chi connectivity index (χ2n) is 3.83. The number of carbonyl (C=O) groups is 1. The molecule has 3 nitrogen and oxygen atoms in total. The van der Waals surface area contributed by atoms with Crippen LogP contribution >= 0.6 is 28.3 Å². The minimum absolute atomic E-state index is 0. The maximum Gasteiger partial charge on any atom is 0.251 e. The van der Waals surface area contributed by atoms with Gasteiger partial charge in [0.15, 0.2) is 0 Å². The third-order valence-electron chi connectivity index (χ3n) is 2.25. The Hall–Kier alpha value is -0.650. The third-order valence-corrected chi connectivity index (χ3v) is 2.70. The molecule has 2 N–H and O–H groups in total. The van der Waals surface area contributed by atoms with E-state index in [1.54, 1.807) is 6.07 Å². The van der Waals surface area contributed by atoms with E-state index in [-0.39, 0.29) is 24.4 Å². The summed E-state index contributed by atoms with van der Waals surface area (Å²) >= 11 is 3.15. The first-order chi connectivity index (χ1) is 8.02. The summed E-state index contributed by atoms with van der Waals surface area (Å²) < 4.78 is 13.6. The molecule has 1 amide bonds. The molecule has 0 fully saturated rings. The second kappa shape index (κ2) is 8.45. The van der Waals surface area contributed by atoms with Crippen LogP contribution in [0.15, 0.2) is 22.7 Å². The number of hydrogen-bond acceptors (Lipinski definition) is 2. The molecule has 0 aliphatic rings. The van der Waals surface area contributed by atoms with Crippen LogP contribution < -0.4 is 10.6 Å². The van der Waals surface area contributed by atoms with E-state index in [2.05, 4.69) is 26.6 Å². The monoisotopic (exact) mass is 338 g/mol. The molecular formula is C12H17BrClFN2O. The van der Waals surface area contributed by atoms with E-state index in [1.165, 1.54) is 12.1 Å². The Morgan fingerprint density at radius 2 is 2.11 bits per heavy atom. The zero-order valence-electron chi connectivity index (χ0n) is 10.3. The van der Waals surface area contributed by atoms with Crippen LogP contribution in [0.2, 0.25) is 0 Å². The average molecular weight is 340 g/mol. The Morgan fingerprint density at radius 3 is 2.67 bits per heavy atom. The Balaban J connectivity index is 0.00000289. The summed E-state index contributed by atoms with van der Waals surface area (Å²) in [5.74, 6) is -0.695. The molecule has 0 saturated heterocycles. The van der Waals surface area contributed by atoms with E-state index in [4.69, 9.17) is 0 Å². The number of benzene rings is 1. The summed E-state index contributed by atoms with van der Waals surface area (Å²) in [5.41, 5.74) is 0.320. The second-order valence-corrected chi connectivity index (χ2v) is 4.74. The molecule has 1 aromatic rings. The van der Waals surface area contributed by atoms with Crippen LogP contribution in [0.4, 0.5) is 4.39 Å². The molecule has 0 bridgehead atoms. The highest BCUT2D eigenvalue weighted by atomic mass is 79.9. The molecule has 0 aromatic heterocycles. The highest BCUT2D eigenvalue weighted by Crippen LogP contribution is 2.14. The summed E-state index contributed by atoms with van der Waals surface area (Å²) in [6.45, 7) is 5.34. The van der Waals surface area contributed by atoms with Crippen molar-refractivity contribution in [2.45, 2.75) is 19.9 Å². The predicted octanol–water partition coefficient (Wildman–Crippen LogP) is 2.74. The topological polar surface area (TPSA) is 41.1 Å². The van der Waals surface area contributed by atoms with Crippen molar-refractivity contribution in [1.82, 2.24) is 10.6 Å². The van der Waals surface area contributed by atoms with E-state index in [9.17, 15) is 9.18 Å². The summed E-state index contributed by atoms with van der Waals surface area (Å²) in [6, 6.07) is 4.33. The molecule has 1 aromatic carbocycles. The van der Waals surface area contributed by atoms with E-state index >= 15 is 0 Å². The molecule has 0 radical (unpaired) electrons. The standard InChI is InChI=1S/C12H16BrFN2O.ClH/c1-3-15-8(2)7-16-12(17)9-4-10(13)6-11(14)5-9;/h4-6,8,15H,3,7H2,1-2H3,(H,16,17);1H/t8-;/m1./s1. The van der Waals surface area contributed by atoms with Gasteiger partial charge in [0.1, 0.15) is 5.82 Å². The van der Waals surface area contributed by atoms with Crippen molar-refractivity contribution in [1.29, 1.82) is 0 Å². The largest absolute Gasteiger partial charge is 0.350 e. The highest BCUT2D eigenvalue weighted by molar-refractivity contribution is 9.10. The molecule has 0 saturated carbocycles. The molecule has 0 aliphatic heterocycles. The first kappa shape index (κ1) is 17.4. The number of rotatable bonds is 5. The van der Waals surface area contributed by atoms with Gasteiger partial charge in [0, 0.05) is 22.6 Å². The van der Waals surface area contributed by atoms with Crippen LogP contribution in [0.3, 0.4) is 0 Å². The molecule has 0 spiro atoms. The maximum absolute atomic E-state index is 13.1. The van der Waals surface area contributed by atoms with Crippen LogP contribution in [-0.4, -0.2) is 25.0 Å². The van der Waals surface area contributed by atoms with Gasteiger partial charge in [0.25, 0.3) is 5.91 Å². The summed E-state index contributed by atoms with van der Waals surface area (Å²) in [4.78, 5) is 11.7. The molecule has 1 rings (SSSR count). The lowest BCUT2D eigenvalue weighted by molar-refractivity contribution is 0.0949. The fraction of sp³-hybridized carbons (Fsp3) is 0.417. The van der Waals surface area contributed by atoms with Gasteiger partial charge >= 0.3 is 0 Å². The van der Waals surface area contributed by atoms with Crippen molar-refractivity contribution in [3.63, 3.8) is 0 Å². The zero-order chi connectivity index (χ0) is 12.8. The normalized spacial score (nSPS) is 11.6. The van der Waals surface area contributed by atoms with Crippen molar-refractivity contribution in [2.24, 2.45) is 0 Å². The van der Waals surface area contributed by atoms with Crippen molar-refractivity contribution in [3.05, 3.63) is 34.1 Å². The number of hydrogen-bond donors (Lipinski definition) is 2. The van der Waals surface area contributed by atoms with Crippen LogP contribution in [0.5, 0.6) is 0 Å². The first-order valence-corrected chi connectivity index (χ1v) is 6.30. The van der Waals surface area contributed by atoms with Gasteiger partial charge in [-0.1, -0.05) is 22.9 Å². The van der Waals surface area contributed by atoms with Gasteiger partial charge < -0.3 is 10.6 Å². The summed E-state index contributed by atoms with van der Waals surface area (Å²) in [5, 5.41) is 5.93. The number of halogens is 3. The van der Waals surface area contributed by atoms with Gasteiger partial charge in [-0.2, -0.15) is 0 Å². The van der Waals surface area contributed by atoms with Gasteiger partial charge in [0.05, 0.1) is 0 Å². The Morgan fingerprint density at radius 1 is 1.44 bits per heavy atom. The van der Waals surface area contributed by atoms with Crippen LogP contribution in [0.25, 0.3) is 0 Å². The molecule has 18 heavy (non-hydrogen) atoms. The van der Waals surface area contributed by atoms with Gasteiger partial charge in [-0.15, -0.1) is 12.4 Å². The van der Waals surface area contributed by atoms with E-state index in [0.29, 0.717) is 16.6 Å². The maximum atomic E-state index is 13.1. The molecule has 0 unspecified atom stereocenters. The Bertz CT molecular complexity index is 383. The molecular weight excluding hydrogens is 322 g/mol. The fourth-order valence-electron chi connectivity index (χ4n) is 1.45. The van der Waals surface area contributed by atoms with Crippen LogP contribution in [0.1, 0.15) is 24.2 Å². The number of nitrogens with one attached hydrogen (secondary N) is 2. The Kier molecular flexibility index (Phi) is 8.15. The van der Waals surface area contributed by atoms with Crippen molar-refractivity contribution >= 4 is 34.2 Å². The molecule has 6 heteroatoms. The highest BCUT2D eigenvalue weighted by Gasteiger charge is 2.09. The van der Waals surface area contributed by atoms with Gasteiger partial charge in [-0.05, 0) is 31.7 Å². The van der Waals surface area contributed by atoms with Crippen LogP contribution in [-0.2, 0) is 0 Å². The zero-order valence-corrected chi connectivity index (χ0v) is 12.7. The van der Waals surface area contributed by atoms with Crippen molar-refractivity contribution < 1.29 is 9.18 Å². The van der Waals surface area contributed by atoms with E-state index < -0.39 is 5.82 Å². The summed E-state index contributed by atoms with van der Waals surface area (Å²) in [7, 11) is 0. The lowest BCUT2D eigenvalue weighted by Gasteiger charge is -2.13. The third kappa shape index (κ3) is 5.80. The SMILES string of the molecule is CCN[C@H](C)CNC(=O)c1cc(F)cc(Br)c1.Cl. The molecule has 0 aliphatic carbocycles. The molecule has 102 valence electrons. The fourth-order valence-corrected chi connectivity index (χ4v) is 1.92. The van der Waals surface area contributed by atoms with E-state index in [0.717, 1.165) is 6.54 Å². The predicted molar refractivity (Wildman–Crippen MR) is 76.8 cm³/mol. The van der Waals surface area contributed by atoms with Crippen molar-refractivity contribution in [3.8, 4) is 0 Å². The minimum Gasteiger partial charge on any atom is -0.350 e. The number of amides is 1. The quantitative estimate of drug-likeness (QED) is 0.866. The summed E-state index contributed by atoms with van der Waals surface area (Å²) in [6.07, 6.45) is 0. The minimum atomic E-state index is -0.427. The Labute approximate surface area is 121 Å². The van der Waals surface area contributed by atoms with Crippen molar-refractivity contribution in [2.75, 3.05) is 13.1 Å². The molecule has 1 atom stereocenters. The number of likely N-dealkylation sites (N-methyl/N-ethyl adjacent to an activating group) is 1. The number of carbonyl (C=O) groups excluding carboxylic acids is 1. The average Bonchev–Trinajstić information content (AvgIpc) is 2.25. The smallest absolute Gasteiger partial charge is 0.251 e. The lowest BCUT2D eigenvalue weighted by atomic mass is 10.2. The van der Waals surface area contributed by atoms with Gasteiger partial charge in [0.2, 0.25) is 0 Å².